The van der Waals surface area contributed by atoms with Crippen molar-refractivity contribution in [1.82, 2.24) is 19.7 Å². The molecule has 0 radical (unpaired) electrons. The zero-order valence-electron chi connectivity index (χ0n) is 15.3. The number of aromatic nitrogens is 4. The summed E-state index contributed by atoms with van der Waals surface area (Å²) in [7, 11) is 0. The van der Waals surface area contributed by atoms with Crippen LogP contribution in [-0.4, -0.2) is 19.7 Å². The zero-order chi connectivity index (χ0) is 20.3. The van der Waals surface area contributed by atoms with Crippen LogP contribution in [-0.2, 0) is 25.4 Å². The maximum Gasteiger partial charge on any atom is 0.416 e. The third-order valence-corrected chi connectivity index (χ3v) is 5.07. The fraction of sp³-hybridized carbons (Fsp3) is 0.190. The van der Waals surface area contributed by atoms with E-state index < -0.39 is 11.7 Å². The van der Waals surface area contributed by atoms with Gasteiger partial charge in [0.1, 0.15) is 5.82 Å². The van der Waals surface area contributed by atoms with Gasteiger partial charge in [0, 0.05) is 11.8 Å². The molecular weight excluding hydrogens is 397 g/mol. The van der Waals surface area contributed by atoms with E-state index in [4.69, 9.17) is 0 Å². The number of nitrogens with zero attached hydrogens (tertiary/aromatic N) is 4. The molecule has 0 unspecified atom stereocenters. The molecule has 0 aliphatic rings. The van der Waals surface area contributed by atoms with Crippen LogP contribution in [0.15, 0.2) is 65.5 Å². The monoisotopic (exact) mass is 414 g/mol. The van der Waals surface area contributed by atoms with Crippen LogP contribution in [0.1, 0.15) is 28.5 Å². The van der Waals surface area contributed by atoms with E-state index in [2.05, 4.69) is 15.1 Å². The number of hydrogen-bond acceptors (Lipinski definition) is 4. The largest absolute Gasteiger partial charge is 0.416 e. The molecule has 0 saturated heterocycles. The Morgan fingerprint density at radius 3 is 2.52 bits per heavy atom. The SMILES string of the molecule is FC(F)(F)c1cccc(-n2nc(CCc3ccccc3)nc2Cc2cscn2)c1. The van der Waals surface area contributed by atoms with E-state index in [1.807, 2.05) is 35.7 Å². The van der Waals surface area contributed by atoms with Crippen molar-refractivity contribution in [2.75, 3.05) is 0 Å². The van der Waals surface area contributed by atoms with Crippen LogP contribution < -0.4 is 0 Å². The number of hydrogen-bond donors (Lipinski definition) is 0. The summed E-state index contributed by atoms with van der Waals surface area (Å²) in [6.45, 7) is 0. The molecule has 8 heteroatoms. The summed E-state index contributed by atoms with van der Waals surface area (Å²) in [6, 6.07) is 15.1. The van der Waals surface area contributed by atoms with Crippen molar-refractivity contribution in [3.8, 4) is 5.69 Å². The first kappa shape index (κ1) is 19.3. The maximum atomic E-state index is 13.1. The van der Waals surface area contributed by atoms with Gasteiger partial charge in [-0.1, -0.05) is 36.4 Å². The zero-order valence-corrected chi connectivity index (χ0v) is 16.1. The third-order valence-electron chi connectivity index (χ3n) is 4.44. The van der Waals surface area contributed by atoms with Crippen LogP contribution in [0, 0.1) is 0 Å². The molecule has 2 heterocycles. The van der Waals surface area contributed by atoms with Gasteiger partial charge in [-0.3, -0.25) is 0 Å². The minimum Gasteiger partial charge on any atom is -0.249 e. The fourth-order valence-electron chi connectivity index (χ4n) is 3.02. The highest BCUT2D eigenvalue weighted by Gasteiger charge is 2.30. The van der Waals surface area contributed by atoms with E-state index in [-0.39, 0.29) is 0 Å². The van der Waals surface area contributed by atoms with Crippen molar-refractivity contribution in [2.24, 2.45) is 0 Å². The van der Waals surface area contributed by atoms with Crippen molar-refractivity contribution in [2.45, 2.75) is 25.4 Å². The van der Waals surface area contributed by atoms with E-state index in [9.17, 15) is 13.2 Å². The van der Waals surface area contributed by atoms with Gasteiger partial charge in [0.25, 0.3) is 0 Å². The highest BCUT2D eigenvalue weighted by Crippen LogP contribution is 2.30. The number of thiazole rings is 1. The first-order valence-electron chi connectivity index (χ1n) is 9.02. The Morgan fingerprint density at radius 2 is 1.79 bits per heavy atom. The molecule has 0 aliphatic carbocycles. The second kappa shape index (κ2) is 8.16. The van der Waals surface area contributed by atoms with Crippen molar-refractivity contribution in [3.63, 3.8) is 0 Å². The number of halogens is 3. The standard InChI is InChI=1S/C21H17F3N4S/c22-21(23,24)16-7-4-8-18(11-16)28-20(12-17-13-29-14-25-17)26-19(27-28)10-9-15-5-2-1-3-6-15/h1-8,11,13-14H,9-10,12H2. The predicted molar refractivity (Wildman–Crippen MR) is 105 cm³/mol. The van der Waals surface area contributed by atoms with Crippen LogP contribution in [0.3, 0.4) is 0 Å². The van der Waals surface area contributed by atoms with Gasteiger partial charge in [-0.25, -0.2) is 14.6 Å². The van der Waals surface area contributed by atoms with Crippen LogP contribution in [0.4, 0.5) is 13.2 Å². The molecule has 0 atom stereocenters. The van der Waals surface area contributed by atoms with Crippen molar-refractivity contribution in [3.05, 3.63) is 94.0 Å². The van der Waals surface area contributed by atoms with Gasteiger partial charge in [0.05, 0.1) is 28.9 Å². The van der Waals surface area contributed by atoms with Gasteiger partial charge in [-0.15, -0.1) is 11.3 Å². The first-order chi connectivity index (χ1) is 14.0. The molecule has 0 bridgehead atoms. The van der Waals surface area contributed by atoms with Crippen LogP contribution >= 0.6 is 11.3 Å². The number of benzene rings is 2. The van der Waals surface area contributed by atoms with Crippen LogP contribution in [0.25, 0.3) is 5.69 Å². The smallest absolute Gasteiger partial charge is 0.249 e. The van der Waals surface area contributed by atoms with Crippen molar-refractivity contribution in [1.29, 1.82) is 0 Å². The van der Waals surface area contributed by atoms with E-state index in [0.717, 1.165) is 29.8 Å². The summed E-state index contributed by atoms with van der Waals surface area (Å²) in [5.41, 5.74) is 3.31. The highest BCUT2D eigenvalue weighted by atomic mass is 32.1. The molecule has 2 aromatic heterocycles. The minimum atomic E-state index is -4.41. The van der Waals surface area contributed by atoms with Crippen LogP contribution in [0.5, 0.6) is 0 Å². The lowest BCUT2D eigenvalue weighted by Crippen LogP contribution is -2.08. The Balaban J connectivity index is 1.66. The van der Waals surface area contributed by atoms with E-state index >= 15 is 0 Å². The molecule has 4 nitrogen and oxygen atoms in total. The Hall–Kier alpha value is -3.00. The second-order valence-electron chi connectivity index (χ2n) is 6.55. The average molecular weight is 414 g/mol. The Kier molecular flexibility index (Phi) is 5.44. The number of aryl methyl sites for hydroxylation is 2. The van der Waals surface area contributed by atoms with Crippen molar-refractivity contribution < 1.29 is 13.2 Å². The summed E-state index contributed by atoms with van der Waals surface area (Å²) in [5.74, 6) is 1.16. The van der Waals surface area contributed by atoms with Gasteiger partial charge in [0.2, 0.25) is 0 Å². The van der Waals surface area contributed by atoms with Crippen LogP contribution in [0.2, 0.25) is 0 Å². The summed E-state index contributed by atoms with van der Waals surface area (Å²) < 4.78 is 40.9. The van der Waals surface area contributed by atoms with E-state index in [0.29, 0.717) is 30.2 Å². The number of rotatable bonds is 6. The summed E-state index contributed by atoms with van der Waals surface area (Å²) in [4.78, 5) is 8.87. The summed E-state index contributed by atoms with van der Waals surface area (Å²) in [5, 5.41) is 6.41. The molecular formula is C21H17F3N4S. The topological polar surface area (TPSA) is 43.6 Å². The molecule has 29 heavy (non-hydrogen) atoms. The predicted octanol–water partition coefficient (Wildman–Crippen LogP) is 5.12. The lowest BCUT2D eigenvalue weighted by Gasteiger charge is -2.10. The molecule has 0 amide bonds. The fourth-order valence-corrected chi connectivity index (χ4v) is 3.58. The molecule has 2 aromatic carbocycles. The van der Waals surface area contributed by atoms with Crippen molar-refractivity contribution >= 4 is 11.3 Å². The molecule has 0 aliphatic heterocycles. The highest BCUT2D eigenvalue weighted by molar-refractivity contribution is 7.07. The second-order valence-corrected chi connectivity index (χ2v) is 7.26. The van der Waals surface area contributed by atoms with Gasteiger partial charge >= 0.3 is 6.18 Å². The molecule has 0 spiro atoms. The summed E-state index contributed by atoms with van der Waals surface area (Å²) in [6.07, 6.45) is -2.66. The first-order valence-corrected chi connectivity index (χ1v) is 9.97. The third kappa shape index (κ3) is 4.71. The lowest BCUT2D eigenvalue weighted by molar-refractivity contribution is -0.137. The lowest BCUT2D eigenvalue weighted by atomic mass is 10.1. The van der Waals surface area contributed by atoms with Gasteiger partial charge in [0.15, 0.2) is 5.82 Å². The van der Waals surface area contributed by atoms with E-state index in [1.54, 1.807) is 11.6 Å². The minimum absolute atomic E-state index is 0.337. The molecule has 4 aromatic rings. The average Bonchev–Trinajstić information content (AvgIpc) is 3.37. The molecule has 0 N–H and O–H groups in total. The Bertz CT molecular complexity index is 1070. The Morgan fingerprint density at radius 1 is 0.966 bits per heavy atom. The quantitative estimate of drug-likeness (QED) is 0.440. The molecule has 4 rings (SSSR count). The molecule has 0 fully saturated rings. The van der Waals surface area contributed by atoms with Gasteiger partial charge < -0.3 is 0 Å². The Labute approximate surface area is 169 Å². The normalized spacial score (nSPS) is 11.7. The van der Waals surface area contributed by atoms with E-state index in [1.165, 1.54) is 22.1 Å². The van der Waals surface area contributed by atoms with Gasteiger partial charge in [-0.05, 0) is 30.2 Å². The van der Waals surface area contributed by atoms with Gasteiger partial charge in [-0.2, -0.15) is 18.3 Å². The number of alkyl halides is 3. The summed E-state index contributed by atoms with van der Waals surface area (Å²) >= 11 is 1.46. The molecule has 0 saturated carbocycles. The maximum absolute atomic E-state index is 13.1. The molecule has 148 valence electrons.